The second-order valence-electron chi connectivity index (χ2n) is 4.90. The number of methoxy groups -OCH3 is 2. The Balaban J connectivity index is 2.20. The van der Waals surface area contributed by atoms with Gasteiger partial charge in [-0.2, -0.15) is 0 Å². The first kappa shape index (κ1) is 13.0. The van der Waals surface area contributed by atoms with Gasteiger partial charge >= 0.3 is 0 Å². The molecular formula is C14H22N2O2. The van der Waals surface area contributed by atoms with Gasteiger partial charge in [0.15, 0.2) is 11.5 Å². The van der Waals surface area contributed by atoms with Crippen LogP contribution in [0.3, 0.4) is 0 Å². The molecular weight excluding hydrogens is 228 g/mol. The Morgan fingerprint density at radius 3 is 2.33 bits per heavy atom. The van der Waals surface area contributed by atoms with Crippen molar-refractivity contribution in [1.82, 2.24) is 5.32 Å². The van der Waals surface area contributed by atoms with Crippen LogP contribution in [-0.2, 0) is 0 Å². The molecule has 0 unspecified atom stereocenters. The van der Waals surface area contributed by atoms with E-state index in [1.54, 1.807) is 14.2 Å². The predicted octanol–water partition coefficient (Wildman–Crippen LogP) is 1.67. The van der Waals surface area contributed by atoms with Crippen molar-refractivity contribution in [1.29, 1.82) is 0 Å². The summed E-state index contributed by atoms with van der Waals surface area (Å²) in [6, 6.07) is 4.09. The van der Waals surface area contributed by atoms with E-state index in [4.69, 9.17) is 9.47 Å². The van der Waals surface area contributed by atoms with Gasteiger partial charge in [0, 0.05) is 44.4 Å². The van der Waals surface area contributed by atoms with Crippen LogP contribution in [-0.4, -0.2) is 40.9 Å². The first-order chi connectivity index (χ1) is 8.65. The maximum absolute atomic E-state index is 5.36. The fraction of sp³-hybridized carbons (Fsp3) is 0.571. The molecule has 1 saturated heterocycles. The molecule has 1 N–H and O–H groups in total. The van der Waals surface area contributed by atoms with Crippen molar-refractivity contribution in [3.05, 3.63) is 17.7 Å². The molecule has 2 rings (SSSR count). The molecule has 1 heterocycles. The van der Waals surface area contributed by atoms with E-state index in [-0.39, 0.29) is 0 Å². The standard InChI is InChI=1S/C14H22N2O2/c1-10-5-13(17-3)14(18-4)6-12(10)16(2)9-11-7-15-8-11/h5-6,11,15H,7-9H2,1-4H3. The smallest absolute Gasteiger partial charge is 0.162 e. The Hall–Kier alpha value is -1.42. The van der Waals surface area contributed by atoms with Crippen molar-refractivity contribution in [2.24, 2.45) is 5.92 Å². The van der Waals surface area contributed by atoms with Gasteiger partial charge in [0.1, 0.15) is 0 Å². The summed E-state index contributed by atoms with van der Waals surface area (Å²) in [6.45, 7) is 5.42. The molecule has 4 nitrogen and oxygen atoms in total. The van der Waals surface area contributed by atoms with Crippen molar-refractivity contribution in [3.63, 3.8) is 0 Å². The maximum Gasteiger partial charge on any atom is 0.162 e. The molecule has 0 spiro atoms. The number of ether oxygens (including phenoxy) is 2. The second kappa shape index (κ2) is 5.48. The number of aryl methyl sites for hydroxylation is 1. The average Bonchev–Trinajstić information content (AvgIpc) is 2.33. The molecule has 0 saturated carbocycles. The van der Waals surface area contributed by atoms with E-state index in [2.05, 4.69) is 30.3 Å². The van der Waals surface area contributed by atoms with Gasteiger partial charge in [-0.05, 0) is 18.6 Å². The monoisotopic (exact) mass is 250 g/mol. The van der Waals surface area contributed by atoms with Crippen LogP contribution >= 0.6 is 0 Å². The van der Waals surface area contributed by atoms with Gasteiger partial charge in [0.25, 0.3) is 0 Å². The third kappa shape index (κ3) is 2.53. The number of hydrogen-bond acceptors (Lipinski definition) is 4. The summed E-state index contributed by atoms with van der Waals surface area (Å²) in [7, 11) is 5.47. The Morgan fingerprint density at radius 2 is 1.83 bits per heavy atom. The Morgan fingerprint density at radius 1 is 1.22 bits per heavy atom. The lowest BCUT2D eigenvalue weighted by atomic mass is 10.0. The quantitative estimate of drug-likeness (QED) is 0.862. The van der Waals surface area contributed by atoms with E-state index in [0.29, 0.717) is 0 Å². The van der Waals surface area contributed by atoms with Crippen LogP contribution in [0.4, 0.5) is 5.69 Å². The molecule has 1 aliphatic heterocycles. The van der Waals surface area contributed by atoms with Gasteiger partial charge in [-0.25, -0.2) is 0 Å². The highest BCUT2D eigenvalue weighted by molar-refractivity contribution is 5.61. The SMILES string of the molecule is COc1cc(C)c(N(C)CC2CNC2)cc1OC. The minimum atomic E-state index is 0.752. The van der Waals surface area contributed by atoms with Crippen molar-refractivity contribution in [2.75, 3.05) is 45.8 Å². The largest absolute Gasteiger partial charge is 0.493 e. The van der Waals surface area contributed by atoms with Crippen LogP contribution in [0.1, 0.15) is 5.56 Å². The minimum absolute atomic E-state index is 0.752. The fourth-order valence-electron chi connectivity index (χ4n) is 2.34. The molecule has 1 aromatic carbocycles. The van der Waals surface area contributed by atoms with Crippen molar-refractivity contribution in [3.8, 4) is 11.5 Å². The molecule has 0 amide bonds. The minimum Gasteiger partial charge on any atom is -0.493 e. The van der Waals surface area contributed by atoms with Crippen molar-refractivity contribution < 1.29 is 9.47 Å². The summed E-state index contributed by atoms with van der Waals surface area (Å²) < 4.78 is 10.7. The molecule has 4 heteroatoms. The Kier molecular flexibility index (Phi) is 3.97. The molecule has 18 heavy (non-hydrogen) atoms. The second-order valence-corrected chi connectivity index (χ2v) is 4.90. The summed E-state index contributed by atoms with van der Waals surface area (Å²) in [5.41, 5.74) is 2.42. The molecule has 0 bridgehead atoms. The van der Waals surface area contributed by atoms with Crippen LogP contribution in [0.2, 0.25) is 0 Å². The van der Waals surface area contributed by atoms with Gasteiger partial charge in [-0.3, -0.25) is 0 Å². The van der Waals surface area contributed by atoms with E-state index in [1.165, 1.54) is 11.3 Å². The van der Waals surface area contributed by atoms with Gasteiger partial charge < -0.3 is 19.7 Å². The number of rotatable bonds is 5. The van der Waals surface area contributed by atoms with Gasteiger partial charge in [0.2, 0.25) is 0 Å². The van der Waals surface area contributed by atoms with E-state index in [9.17, 15) is 0 Å². The maximum atomic E-state index is 5.36. The number of nitrogens with one attached hydrogen (secondary N) is 1. The highest BCUT2D eigenvalue weighted by Gasteiger charge is 2.20. The van der Waals surface area contributed by atoms with Crippen LogP contribution in [0.25, 0.3) is 0 Å². The summed E-state index contributed by atoms with van der Waals surface area (Å²) in [6.07, 6.45) is 0. The zero-order chi connectivity index (χ0) is 13.1. The molecule has 100 valence electrons. The van der Waals surface area contributed by atoms with Crippen LogP contribution in [0.5, 0.6) is 11.5 Å². The summed E-state index contributed by atoms with van der Waals surface area (Å²) in [5.74, 6) is 2.33. The zero-order valence-corrected chi connectivity index (χ0v) is 11.6. The summed E-state index contributed by atoms with van der Waals surface area (Å²) in [4.78, 5) is 2.29. The average molecular weight is 250 g/mol. The van der Waals surface area contributed by atoms with Gasteiger partial charge in [-0.15, -0.1) is 0 Å². The van der Waals surface area contributed by atoms with Crippen LogP contribution < -0.4 is 19.7 Å². The normalized spacial score (nSPS) is 15.1. The lowest BCUT2D eigenvalue weighted by Gasteiger charge is -2.33. The number of nitrogens with zero attached hydrogens (tertiary/aromatic N) is 1. The summed E-state index contributed by atoms with van der Waals surface area (Å²) >= 11 is 0. The third-order valence-corrected chi connectivity index (χ3v) is 3.51. The molecule has 1 fully saturated rings. The topological polar surface area (TPSA) is 33.7 Å². The van der Waals surface area contributed by atoms with E-state index in [0.717, 1.165) is 37.1 Å². The molecule has 0 atom stereocenters. The van der Waals surface area contributed by atoms with Crippen molar-refractivity contribution >= 4 is 5.69 Å². The lowest BCUT2D eigenvalue weighted by molar-refractivity contribution is 0.350. The van der Waals surface area contributed by atoms with E-state index in [1.807, 2.05) is 6.07 Å². The van der Waals surface area contributed by atoms with E-state index < -0.39 is 0 Å². The molecule has 0 aliphatic carbocycles. The number of benzene rings is 1. The predicted molar refractivity (Wildman–Crippen MR) is 73.9 cm³/mol. The zero-order valence-electron chi connectivity index (χ0n) is 11.6. The molecule has 0 aromatic heterocycles. The first-order valence-electron chi connectivity index (χ1n) is 6.30. The summed E-state index contributed by atoms with van der Waals surface area (Å²) in [5, 5.41) is 3.30. The van der Waals surface area contributed by atoms with Gasteiger partial charge in [0.05, 0.1) is 14.2 Å². The molecule has 1 aliphatic rings. The Bertz CT molecular complexity index is 417. The van der Waals surface area contributed by atoms with Crippen molar-refractivity contribution in [2.45, 2.75) is 6.92 Å². The lowest BCUT2D eigenvalue weighted by Crippen LogP contribution is -2.47. The fourth-order valence-corrected chi connectivity index (χ4v) is 2.34. The first-order valence-corrected chi connectivity index (χ1v) is 6.30. The number of hydrogen-bond donors (Lipinski definition) is 1. The molecule has 1 aromatic rings. The number of anilines is 1. The van der Waals surface area contributed by atoms with Gasteiger partial charge in [-0.1, -0.05) is 0 Å². The molecule has 0 radical (unpaired) electrons. The highest BCUT2D eigenvalue weighted by Crippen LogP contribution is 2.34. The van der Waals surface area contributed by atoms with Crippen LogP contribution in [0, 0.1) is 12.8 Å². The van der Waals surface area contributed by atoms with E-state index >= 15 is 0 Å². The third-order valence-electron chi connectivity index (χ3n) is 3.51. The van der Waals surface area contributed by atoms with Crippen LogP contribution in [0.15, 0.2) is 12.1 Å². The highest BCUT2D eigenvalue weighted by atomic mass is 16.5. The Labute approximate surface area is 109 Å².